The number of rotatable bonds is 6. The molecule has 4 nitrogen and oxygen atoms in total. The Kier molecular flexibility index (Phi) is 5.12. The Morgan fingerprint density at radius 2 is 2.00 bits per heavy atom. The molecule has 0 saturated carbocycles. The van der Waals surface area contributed by atoms with Crippen LogP contribution < -0.4 is 4.74 Å². The number of para-hydroxylation sites is 2. The maximum Gasteiger partial charge on any atom is 0.307 e. The fourth-order valence-electron chi connectivity index (χ4n) is 2.40. The van der Waals surface area contributed by atoms with Gasteiger partial charge in [0.1, 0.15) is 17.4 Å². The van der Waals surface area contributed by atoms with Gasteiger partial charge in [-0.25, -0.2) is 4.98 Å². The van der Waals surface area contributed by atoms with Gasteiger partial charge in [0.2, 0.25) is 0 Å². The minimum Gasteiger partial charge on any atom is -0.481 e. The molecule has 0 spiro atoms. The van der Waals surface area contributed by atoms with Crippen LogP contribution >= 0.6 is 11.3 Å². The smallest absolute Gasteiger partial charge is 0.307 e. The van der Waals surface area contributed by atoms with E-state index < -0.39 is 5.97 Å². The summed E-state index contributed by atoms with van der Waals surface area (Å²) in [7, 11) is 0. The first-order valence-electron chi connectivity index (χ1n) is 7.61. The molecule has 0 amide bonds. The molecule has 3 aromatic rings. The summed E-state index contributed by atoms with van der Waals surface area (Å²) in [5, 5.41) is 9.98. The molecule has 0 bridgehead atoms. The van der Waals surface area contributed by atoms with Crippen molar-refractivity contribution in [2.75, 3.05) is 6.61 Å². The van der Waals surface area contributed by atoms with Crippen molar-refractivity contribution < 1.29 is 14.6 Å². The summed E-state index contributed by atoms with van der Waals surface area (Å²) in [4.78, 5) is 15.9. The monoisotopic (exact) mass is 349 g/mol. The van der Waals surface area contributed by atoms with Crippen molar-refractivity contribution in [3.8, 4) is 18.1 Å². The van der Waals surface area contributed by atoms with Crippen LogP contribution in [0.1, 0.15) is 17.0 Å². The summed E-state index contributed by atoms with van der Waals surface area (Å²) in [6.07, 6.45) is 6.93. The summed E-state index contributed by atoms with van der Waals surface area (Å²) < 4.78 is 6.56. The van der Waals surface area contributed by atoms with Gasteiger partial charge in [0.15, 0.2) is 0 Å². The van der Waals surface area contributed by atoms with Crippen molar-refractivity contribution in [1.29, 1.82) is 0 Å². The third-order valence-corrected chi connectivity index (χ3v) is 4.58. The topological polar surface area (TPSA) is 59.4 Å². The Labute approximate surface area is 149 Å². The van der Waals surface area contributed by atoms with E-state index in [4.69, 9.17) is 11.2 Å². The van der Waals surface area contributed by atoms with E-state index in [-0.39, 0.29) is 13.0 Å². The lowest BCUT2D eigenvalue weighted by Crippen LogP contribution is -1.98. The molecule has 0 aliphatic heterocycles. The van der Waals surface area contributed by atoms with Gasteiger partial charge in [-0.1, -0.05) is 36.3 Å². The van der Waals surface area contributed by atoms with E-state index in [1.165, 1.54) is 11.3 Å². The van der Waals surface area contributed by atoms with E-state index in [2.05, 4.69) is 10.9 Å². The van der Waals surface area contributed by atoms with Crippen LogP contribution in [0.15, 0.2) is 48.5 Å². The van der Waals surface area contributed by atoms with Gasteiger partial charge < -0.3 is 9.84 Å². The van der Waals surface area contributed by atoms with Crippen molar-refractivity contribution in [3.63, 3.8) is 0 Å². The number of aliphatic carboxylic acids is 1. The van der Waals surface area contributed by atoms with E-state index in [0.717, 1.165) is 15.8 Å². The van der Waals surface area contributed by atoms with Crippen molar-refractivity contribution in [3.05, 3.63) is 59.1 Å². The highest BCUT2D eigenvalue weighted by molar-refractivity contribution is 7.19. The number of carboxylic acid groups (broad SMARTS) is 1. The number of nitrogens with zero attached hydrogens (tertiary/aromatic N) is 1. The molecule has 5 heteroatoms. The van der Waals surface area contributed by atoms with E-state index >= 15 is 0 Å². The maximum absolute atomic E-state index is 11.3. The minimum atomic E-state index is -0.910. The number of carboxylic acids is 1. The molecule has 2 aromatic carbocycles. The molecule has 124 valence electrons. The highest BCUT2D eigenvalue weighted by atomic mass is 32.1. The fraction of sp³-hybridized carbons (Fsp3) is 0.100. The molecule has 0 saturated heterocycles. The average molecular weight is 349 g/mol. The predicted octanol–water partition coefficient (Wildman–Crippen LogP) is 4.32. The van der Waals surface area contributed by atoms with Crippen molar-refractivity contribution in [2.24, 2.45) is 0 Å². The summed E-state index contributed by atoms with van der Waals surface area (Å²) >= 11 is 1.47. The van der Waals surface area contributed by atoms with Crippen LogP contribution in [0.25, 0.3) is 21.9 Å². The average Bonchev–Trinajstić information content (AvgIpc) is 3.04. The van der Waals surface area contributed by atoms with Gasteiger partial charge in [-0.3, -0.25) is 4.79 Å². The molecule has 1 N–H and O–H groups in total. The number of fused-ring (bicyclic) bond motifs is 1. The van der Waals surface area contributed by atoms with Crippen LogP contribution in [-0.4, -0.2) is 22.7 Å². The number of ether oxygens (including phenoxy) is 1. The highest BCUT2D eigenvalue weighted by Crippen LogP contribution is 2.32. The van der Waals surface area contributed by atoms with Crippen molar-refractivity contribution in [1.82, 2.24) is 4.98 Å². The third kappa shape index (κ3) is 4.06. The molecular formula is C20H15NO3S. The summed E-state index contributed by atoms with van der Waals surface area (Å²) in [6, 6.07) is 15.1. The third-order valence-electron chi connectivity index (χ3n) is 3.47. The van der Waals surface area contributed by atoms with Crippen LogP contribution in [0.4, 0.5) is 0 Å². The van der Waals surface area contributed by atoms with Gasteiger partial charge >= 0.3 is 5.97 Å². The number of hydrogen-bond acceptors (Lipinski definition) is 4. The molecule has 1 aromatic heterocycles. The number of thiazole rings is 1. The minimum absolute atomic E-state index is 0.122. The Hall–Kier alpha value is -3.10. The summed E-state index contributed by atoms with van der Waals surface area (Å²) in [6.45, 7) is 0.153. The Bertz CT molecular complexity index is 949. The zero-order valence-corrected chi connectivity index (χ0v) is 14.1. The molecule has 0 radical (unpaired) electrons. The van der Waals surface area contributed by atoms with Gasteiger partial charge in [-0.05, 0) is 29.8 Å². The Balaban J connectivity index is 2.05. The molecular weight excluding hydrogens is 334 g/mol. The van der Waals surface area contributed by atoms with Crippen LogP contribution in [0.3, 0.4) is 0 Å². The van der Waals surface area contributed by atoms with Gasteiger partial charge in [-0.15, -0.1) is 17.8 Å². The summed E-state index contributed by atoms with van der Waals surface area (Å²) in [5.41, 5.74) is 2.26. The molecule has 3 rings (SSSR count). The number of benzene rings is 2. The SMILES string of the molecule is C#CCOc1ccccc1/C=C(\CC(=O)O)c1nc2ccccc2s1. The molecule has 0 fully saturated rings. The van der Waals surface area contributed by atoms with Gasteiger partial charge in [-0.2, -0.15) is 0 Å². The fourth-order valence-corrected chi connectivity index (χ4v) is 3.38. The maximum atomic E-state index is 11.3. The standard InChI is InChI=1S/C20H15NO3S/c1-2-11-24-17-9-5-3-7-14(17)12-15(13-19(22)23)20-21-16-8-4-6-10-18(16)25-20/h1,3-10,12H,11,13H2,(H,22,23)/b15-12+. The van der Waals surface area contributed by atoms with Crippen LogP contribution in [0.5, 0.6) is 5.75 Å². The first-order valence-corrected chi connectivity index (χ1v) is 8.42. The number of aromatic nitrogens is 1. The zero-order chi connectivity index (χ0) is 17.6. The first kappa shape index (κ1) is 16.7. The normalized spacial score (nSPS) is 11.2. The van der Waals surface area contributed by atoms with E-state index in [1.807, 2.05) is 42.5 Å². The predicted molar refractivity (Wildman–Crippen MR) is 101 cm³/mol. The van der Waals surface area contributed by atoms with Crippen molar-refractivity contribution >= 4 is 39.2 Å². The van der Waals surface area contributed by atoms with Gasteiger partial charge in [0.25, 0.3) is 0 Å². The number of hydrogen-bond donors (Lipinski definition) is 1. The quantitative estimate of drug-likeness (QED) is 0.673. The van der Waals surface area contributed by atoms with E-state index in [1.54, 1.807) is 12.1 Å². The lowest BCUT2D eigenvalue weighted by molar-refractivity contribution is -0.135. The largest absolute Gasteiger partial charge is 0.481 e. The van der Waals surface area contributed by atoms with Gasteiger partial charge in [0.05, 0.1) is 16.6 Å². The number of terminal acetylenes is 1. The molecule has 0 aliphatic rings. The van der Waals surface area contributed by atoms with Crippen LogP contribution in [-0.2, 0) is 4.79 Å². The first-order chi connectivity index (χ1) is 12.2. The molecule has 1 heterocycles. The highest BCUT2D eigenvalue weighted by Gasteiger charge is 2.13. The number of carbonyl (C=O) groups is 1. The van der Waals surface area contributed by atoms with E-state index in [9.17, 15) is 9.90 Å². The lowest BCUT2D eigenvalue weighted by atomic mass is 10.1. The Morgan fingerprint density at radius 3 is 2.76 bits per heavy atom. The molecule has 25 heavy (non-hydrogen) atoms. The summed E-state index contributed by atoms with van der Waals surface area (Å²) in [5.74, 6) is 2.14. The lowest BCUT2D eigenvalue weighted by Gasteiger charge is -2.08. The Morgan fingerprint density at radius 1 is 1.24 bits per heavy atom. The van der Waals surface area contributed by atoms with Crippen LogP contribution in [0, 0.1) is 12.3 Å². The molecule has 0 atom stereocenters. The second-order valence-corrected chi connectivity index (χ2v) is 6.29. The van der Waals surface area contributed by atoms with Crippen LogP contribution in [0.2, 0.25) is 0 Å². The second kappa shape index (κ2) is 7.65. The molecule has 0 unspecified atom stereocenters. The molecule has 0 aliphatic carbocycles. The van der Waals surface area contributed by atoms with Gasteiger partial charge in [0, 0.05) is 5.56 Å². The van der Waals surface area contributed by atoms with Crippen molar-refractivity contribution in [2.45, 2.75) is 6.42 Å². The second-order valence-electron chi connectivity index (χ2n) is 5.26. The zero-order valence-electron chi connectivity index (χ0n) is 13.3. The van der Waals surface area contributed by atoms with E-state index in [0.29, 0.717) is 16.3 Å².